The number of aromatic nitrogens is 1. The van der Waals surface area contributed by atoms with Gasteiger partial charge < -0.3 is 15.5 Å². The Morgan fingerprint density at radius 1 is 1.50 bits per heavy atom. The number of rotatable bonds is 2. The molecule has 1 aromatic carbocycles. The fourth-order valence-electron chi connectivity index (χ4n) is 1.52. The van der Waals surface area contributed by atoms with Gasteiger partial charge in [-0.25, -0.2) is 0 Å². The highest BCUT2D eigenvalue weighted by Crippen LogP contribution is 2.32. The molecule has 0 saturated heterocycles. The number of aromatic amines is 1. The van der Waals surface area contributed by atoms with Gasteiger partial charge in [-0.05, 0) is 22.0 Å². The number of para-hydroxylation sites is 1. The molecule has 3 nitrogen and oxygen atoms in total. The van der Waals surface area contributed by atoms with Crippen molar-refractivity contribution in [3.8, 4) is 5.75 Å². The van der Waals surface area contributed by atoms with Crippen LogP contribution in [0.15, 0.2) is 22.7 Å². The van der Waals surface area contributed by atoms with Crippen molar-refractivity contribution in [2.45, 2.75) is 6.54 Å². The summed E-state index contributed by atoms with van der Waals surface area (Å²) in [5.74, 6) is 0.836. The van der Waals surface area contributed by atoms with Gasteiger partial charge in [0.15, 0.2) is 0 Å². The van der Waals surface area contributed by atoms with Crippen molar-refractivity contribution in [1.82, 2.24) is 4.98 Å². The molecule has 0 aliphatic heterocycles. The van der Waals surface area contributed by atoms with E-state index in [0.717, 1.165) is 26.8 Å². The smallest absolute Gasteiger partial charge is 0.142 e. The molecule has 0 bridgehead atoms. The second kappa shape index (κ2) is 3.63. The van der Waals surface area contributed by atoms with Crippen LogP contribution in [-0.2, 0) is 6.54 Å². The van der Waals surface area contributed by atoms with Crippen LogP contribution in [0.25, 0.3) is 10.9 Å². The van der Waals surface area contributed by atoms with E-state index in [2.05, 4.69) is 20.9 Å². The van der Waals surface area contributed by atoms with Crippen LogP contribution in [0.1, 0.15) is 5.69 Å². The Balaban J connectivity index is 2.77. The quantitative estimate of drug-likeness (QED) is 0.865. The molecule has 0 spiro atoms. The number of nitrogens with one attached hydrogen (secondary N) is 1. The molecule has 0 unspecified atom stereocenters. The molecule has 0 saturated carbocycles. The molecule has 0 aliphatic carbocycles. The summed E-state index contributed by atoms with van der Waals surface area (Å²) >= 11 is 3.51. The summed E-state index contributed by atoms with van der Waals surface area (Å²) in [5, 5.41) is 1.10. The first-order valence-corrected chi connectivity index (χ1v) is 5.10. The molecule has 0 radical (unpaired) electrons. The van der Waals surface area contributed by atoms with E-state index in [1.54, 1.807) is 7.11 Å². The van der Waals surface area contributed by atoms with E-state index in [-0.39, 0.29) is 0 Å². The monoisotopic (exact) mass is 254 g/mol. The molecule has 0 aliphatic rings. The van der Waals surface area contributed by atoms with Crippen LogP contribution in [0, 0.1) is 0 Å². The van der Waals surface area contributed by atoms with Gasteiger partial charge in [-0.3, -0.25) is 0 Å². The fourth-order valence-corrected chi connectivity index (χ4v) is 2.11. The van der Waals surface area contributed by atoms with E-state index in [9.17, 15) is 0 Å². The van der Waals surface area contributed by atoms with Crippen LogP contribution >= 0.6 is 15.9 Å². The highest BCUT2D eigenvalue weighted by Gasteiger charge is 2.10. The fraction of sp³-hybridized carbons (Fsp3) is 0.200. The molecule has 4 heteroatoms. The summed E-state index contributed by atoms with van der Waals surface area (Å²) < 4.78 is 6.27. The third-order valence-corrected chi connectivity index (χ3v) is 3.13. The van der Waals surface area contributed by atoms with Crippen LogP contribution in [-0.4, -0.2) is 12.1 Å². The number of nitrogens with two attached hydrogens (primary N) is 1. The summed E-state index contributed by atoms with van der Waals surface area (Å²) in [6.07, 6.45) is 0. The first-order valence-electron chi connectivity index (χ1n) is 4.31. The van der Waals surface area contributed by atoms with Gasteiger partial charge in [-0.1, -0.05) is 12.1 Å². The standard InChI is InChI=1S/C10H11BrN2O/c1-14-8-4-2-3-6-9(11)7(5-12)13-10(6)8/h2-4,13H,5,12H2,1H3. The van der Waals surface area contributed by atoms with Crippen LogP contribution in [0.4, 0.5) is 0 Å². The molecular formula is C10H11BrN2O. The molecule has 0 amide bonds. The molecule has 0 atom stereocenters. The van der Waals surface area contributed by atoms with Crippen LogP contribution in [0.5, 0.6) is 5.75 Å². The molecule has 14 heavy (non-hydrogen) atoms. The Morgan fingerprint density at radius 2 is 2.29 bits per heavy atom. The van der Waals surface area contributed by atoms with Crippen molar-refractivity contribution >= 4 is 26.8 Å². The number of ether oxygens (including phenoxy) is 1. The van der Waals surface area contributed by atoms with Crippen LogP contribution in [0.3, 0.4) is 0 Å². The normalized spacial score (nSPS) is 10.8. The highest BCUT2D eigenvalue weighted by atomic mass is 79.9. The van der Waals surface area contributed by atoms with Gasteiger partial charge in [-0.15, -0.1) is 0 Å². The lowest BCUT2D eigenvalue weighted by Gasteiger charge is -1.99. The second-order valence-corrected chi connectivity index (χ2v) is 3.80. The number of methoxy groups -OCH3 is 1. The number of hydrogen-bond donors (Lipinski definition) is 2. The minimum Gasteiger partial charge on any atom is -0.495 e. The summed E-state index contributed by atoms with van der Waals surface area (Å²) in [6.45, 7) is 0.485. The number of H-pyrrole nitrogens is 1. The van der Waals surface area contributed by atoms with Gasteiger partial charge in [-0.2, -0.15) is 0 Å². The van der Waals surface area contributed by atoms with Crippen molar-refractivity contribution in [2.75, 3.05) is 7.11 Å². The lowest BCUT2D eigenvalue weighted by molar-refractivity contribution is 0.419. The van der Waals surface area contributed by atoms with Gasteiger partial charge >= 0.3 is 0 Å². The Labute approximate surface area is 90.4 Å². The van der Waals surface area contributed by atoms with E-state index in [1.807, 2.05) is 18.2 Å². The number of halogens is 1. The van der Waals surface area contributed by atoms with Gasteiger partial charge in [0, 0.05) is 22.1 Å². The lowest BCUT2D eigenvalue weighted by Crippen LogP contribution is -1.96. The maximum atomic E-state index is 5.60. The van der Waals surface area contributed by atoms with Crippen molar-refractivity contribution in [2.24, 2.45) is 5.73 Å². The average Bonchev–Trinajstić information content (AvgIpc) is 2.55. The Hall–Kier alpha value is -1.00. The largest absolute Gasteiger partial charge is 0.495 e. The second-order valence-electron chi connectivity index (χ2n) is 3.00. The molecule has 0 fully saturated rings. The Kier molecular flexibility index (Phi) is 2.48. The van der Waals surface area contributed by atoms with Gasteiger partial charge in [0.05, 0.1) is 12.6 Å². The first-order chi connectivity index (χ1) is 6.77. The maximum Gasteiger partial charge on any atom is 0.142 e. The Bertz CT molecular complexity index is 464. The zero-order valence-corrected chi connectivity index (χ0v) is 9.39. The van der Waals surface area contributed by atoms with Crippen LogP contribution < -0.4 is 10.5 Å². The van der Waals surface area contributed by atoms with Crippen molar-refractivity contribution in [3.63, 3.8) is 0 Å². The molecule has 2 rings (SSSR count). The minimum atomic E-state index is 0.485. The highest BCUT2D eigenvalue weighted by molar-refractivity contribution is 9.10. The van der Waals surface area contributed by atoms with Crippen LogP contribution in [0.2, 0.25) is 0 Å². The van der Waals surface area contributed by atoms with Crippen molar-refractivity contribution < 1.29 is 4.74 Å². The molecule has 2 aromatic rings. The van der Waals surface area contributed by atoms with E-state index >= 15 is 0 Å². The number of hydrogen-bond acceptors (Lipinski definition) is 2. The van der Waals surface area contributed by atoms with E-state index in [0.29, 0.717) is 6.54 Å². The number of fused-ring (bicyclic) bond motifs is 1. The zero-order chi connectivity index (χ0) is 10.1. The zero-order valence-electron chi connectivity index (χ0n) is 7.80. The summed E-state index contributed by atoms with van der Waals surface area (Å²) in [6, 6.07) is 5.91. The third-order valence-electron chi connectivity index (χ3n) is 2.23. The predicted octanol–water partition coefficient (Wildman–Crippen LogP) is 2.40. The number of benzene rings is 1. The van der Waals surface area contributed by atoms with Crippen molar-refractivity contribution in [1.29, 1.82) is 0 Å². The maximum absolute atomic E-state index is 5.60. The SMILES string of the molecule is COc1cccc2c(Br)c(CN)[nH]c12. The average molecular weight is 255 g/mol. The predicted molar refractivity (Wildman–Crippen MR) is 60.4 cm³/mol. The third kappa shape index (κ3) is 1.31. The summed E-state index contributed by atoms with van der Waals surface area (Å²) in [7, 11) is 1.66. The molecule has 1 heterocycles. The topological polar surface area (TPSA) is 51.0 Å². The molecule has 3 N–H and O–H groups in total. The van der Waals surface area contributed by atoms with E-state index in [4.69, 9.17) is 10.5 Å². The minimum absolute atomic E-state index is 0.485. The van der Waals surface area contributed by atoms with E-state index in [1.165, 1.54) is 0 Å². The summed E-state index contributed by atoms with van der Waals surface area (Å²) in [4.78, 5) is 3.24. The van der Waals surface area contributed by atoms with Gasteiger partial charge in [0.2, 0.25) is 0 Å². The van der Waals surface area contributed by atoms with E-state index < -0.39 is 0 Å². The molecular weight excluding hydrogens is 244 g/mol. The Morgan fingerprint density at radius 3 is 2.93 bits per heavy atom. The van der Waals surface area contributed by atoms with Gasteiger partial charge in [0.25, 0.3) is 0 Å². The van der Waals surface area contributed by atoms with Crippen molar-refractivity contribution in [3.05, 3.63) is 28.4 Å². The molecule has 74 valence electrons. The first kappa shape index (κ1) is 9.55. The molecule has 1 aromatic heterocycles. The van der Waals surface area contributed by atoms with Gasteiger partial charge in [0.1, 0.15) is 5.75 Å². The summed E-state index contributed by atoms with van der Waals surface area (Å²) in [5.41, 5.74) is 7.58. The lowest BCUT2D eigenvalue weighted by atomic mass is 10.2.